The van der Waals surface area contributed by atoms with Gasteiger partial charge in [-0.05, 0) is 25.0 Å². The summed E-state index contributed by atoms with van der Waals surface area (Å²) in [6, 6.07) is 3.54. The Morgan fingerprint density at radius 1 is 1.37 bits per heavy atom. The van der Waals surface area contributed by atoms with E-state index in [9.17, 15) is 9.59 Å². The predicted octanol–water partition coefficient (Wildman–Crippen LogP) is 1.00. The summed E-state index contributed by atoms with van der Waals surface area (Å²) in [5.41, 5.74) is 0.660. The molecule has 2 amide bonds. The first-order chi connectivity index (χ1) is 9.16. The highest BCUT2D eigenvalue weighted by molar-refractivity contribution is 5.97. The Bertz CT molecular complexity index is 503. The molecule has 0 spiro atoms. The molecule has 5 nitrogen and oxygen atoms in total. The Balaban J connectivity index is 1.74. The average Bonchev–Trinajstić information content (AvgIpc) is 3.04. The summed E-state index contributed by atoms with van der Waals surface area (Å²) < 4.78 is 1.86. The Kier molecular flexibility index (Phi) is 3.05. The zero-order valence-electron chi connectivity index (χ0n) is 11.1. The van der Waals surface area contributed by atoms with E-state index in [4.69, 9.17) is 0 Å². The van der Waals surface area contributed by atoms with Crippen molar-refractivity contribution in [3.63, 3.8) is 0 Å². The zero-order chi connectivity index (χ0) is 13.4. The number of nitrogens with one attached hydrogen (secondary N) is 1. The molecule has 1 N–H and O–H groups in total. The Morgan fingerprint density at radius 2 is 2.11 bits per heavy atom. The number of rotatable bonds is 2. The number of nitrogens with zero attached hydrogens (tertiary/aromatic N) is 2. The molecule has 1 aromatic heterocycles. The van der Waals surface area contributed by atoms with Crippen molar-refractivity contribution in [3.8, 4) is 0 Å². The van der Waals surface area contributed by atoms with Crippen molar-refractivity contribution in [2.24, 2.45) is 0 Å². The van der Waals surface area contributed by atoms with Crippen molar-refractivity contribution in [2.45, 2.75) is 44.3 Å². The minimum Gasteiger partial charge on any atom is -0.352 e. The average molecular weight is 261 g/mol. The predicted molar refractivity (Wildman–Crippen MR) is 70.7 cm³/mol. The summed E-state index contributed by atoms with van der Waals surface area (Å²) in [6.45, 7) is 0.545. The molecule has 1 atom stereocenters. The SMILES string of the molecule is CN1C(=O)c2cccn2CC1C(=O)NC1CCCC1. The highest BCUT2D eigenvalue weighted by atomic mass is 16.2. The lowest BCUT2D eigenvalue weighted by Gasteiger charge is -2.33. The standard InChI is InChI=1S/C14H19N3O2/c1-16-12(13(18)15-10-5-2-3-6-10)9-17-8-4-7-11(17)14(16)19/h4,7-8,10,12H,2-3,5-6,9H2,1H3,(H,15,18). The van der Waals surface area contributed by atoms with Gasteiger partial charge in [-0.15, -0.1) is 0 Å². The summed E-state index contributed by atoms with van der Waals surface area (Å²) in [7, 11) is 1.71. The van der Waals surface area contributed by atoms with Gasteiger partial charge in [-0.3, -0.25) is 9.59 Å². The van der Waals surface area contributed by atoms with Gasteiger partial charge in [0.05, 0.1) is 6.54 Å². The fraction of sp³-hybridized carbons (Fsp3) is 0.571. The molecule has 0 bridgehead atoms. The van der Waals surface area contributed by atoms with Crippen LogP contribution in [0, 0.1) is 0 Å². The summed E-state index contributed by atoms with van der Waals surface area (Å²) in [6.07, 6.45) is 6.35. The van der Waals surface area contributed by atoms with Crippen molar-refractivity contribution >= 4 is 11.8 Å². The van der Waals surface area contributed by atoms with E-state index in [1.54, 1.807) is 18.0 Å². The maximum atomic E-state index is 12.3. The van der Waals surface area contributed by atoms with Crippen molar-refractivity contribution in [1.82, 2.24) is 14.8 Å². The van der Waals surface area contributed by atoms with Crippen LogP contribution < -0.4 is 5.32 Å². The number of amides is 2. The summed E-state index contributed by atoms with van der Waals surface area (Å²) in [5, 5.41) is 3.08. The third kappa shape index (κ3) is 2.13. The highest BCUT2D eigenvalue weighted by Crippen LogP contribution is 2.20. The van der Waals surface area contributed by atoms with Crippen LogP contribution in [0.1, 0.15) is 36.2 Å². The second-order valence-electron chi connectivity index (χ2n) is 5.47. The van der Waals surface area contributed by atoms with E-state index in [2.05, 4.69) is 5.32 Å². The Hall–Kier alpha value is -1.78. The van der Waals surface area contributed by atoms with Crippen LogP contribution in [0.3, 0.4) is 0 Å². The van der Waals surface area contributed by atoms with Crippen LogP contribution in [0.5, 0.6) is 0 Å². The molecule has 1 unspecified atom stereocenters. The van der Waals surface area contributed by atoms with Crippen LogP contribution in [0.15, 0.2) is 18.3 Å². The van der Waals surface area contributed by atoms with Crippen LogP contribution in [0.2, 0.25) is 0 Å². The molecule has 0 aromatic carbocycles. The zero-order valence-corrected chi connectivity index (χ0v) is 11.1. The van der Waals surface area contributed by atoms with E-state index in [0.717, 1.165) is 12.8 Å². The number of hydrogen-bond donors (Lipinski definition) is 1. The smallest absolute Gasteiger partial charge is 0.270 e. The molecule has 19 heavy (non-hydrogen) atoms. The molecule has 5 heteroatoms. The van der Waals surface area contributed by atoms with Crippen molar-refractivity contribution in [2.75, 3.05) is 7.05 Å². The molecule has 0 saturated heterocycles. The molecule has 1 fully saturated rings. The topological polar surface area (TPSA) is 54.3 Å². The number of carbonyl (C=O) groups is 2. The lowest BCUT2D eigenvalue weighted by atomic mass is 10.1. The lowest BCUT2D eigenvalue weighted by molar-refractivity contribution is -0.126. The fourth-order valence-electron chi connectivity index (χ4n) is 3.02. The Labute approximate surface area is 112 Å². The van der Waals surface area contributed by atoms with E-state index in [0.29, 0.717) is 18.3 Å². The third-order valence-electron chi connectivity index (χ3n) is 4.21. The maximum absolute atomic E-state index is 12.3. The molecule has 2 aliphatic rings. The van der Waals surface area contributed by atoms with Crippen LogP contribution in [-0.4, -0.2) is 40.4 Å². The quantitative estimate of drug-likeness (QED) is 0.863. The molecule has 3 rings (SSSR count). The minimum absolute atomic E-state index is 0.0258. The van der Waals surface area contributed by atoms with E-state index in [-0.39, 0.29) is 11.8 Å². The molecular formula is C14H19N3O2. The molecule has 1 saturated carbocycles. The second-order valence-corrected chi connectivity index (χ2v) is 5.47. The van der Waals surface area contributed by atoms with Gasteiger partial charge in [-0.25, -0.2) is 0 Å². The fourth-order valence-corrected chi connectivity index (χ4v) is 3.02. The monoisotopic (exact) mass is 261 g/mol. The van der Waals surface area contributed by atoms with Crippen molar-refractivity contribution in [3.05, 3.63) is 24.0 Å². The number of likely N-dealkylation sites (N-methyl/N-ethyl adjacent to an activating group) is 1. The lowest BCUT2D eigenvalue weighted by Crippen LogP contribution is -2.54. The van der Waals surface area contributed by atoms with Gasteiger partial charge in [0.1, 0.15) is 11.7 Å². The number of aromatic nitrogens is 1. The van der Waals surface area contributed by atoms with Crippen LogP contribution in [-0.2, 0) is 11.3 Å². The maximum Gasteiger partial charge on any atom is 0.270 e. The molecule has 102 valence electrons. The number of carbonyl (C=O) groups excluding carboxylic acids is 2. The largest absolute Gasteiger partial charge is 0.352 e. The summed E-state index contributed by atoms with van der Waals surface area (Å²) in [4.78, 5) is 26.0. The molecule has 1 aromatic rings. The summed E-state index contributed by atoms with van der Waals surface area (Å²) >= 11 is 0. The van der Waals surface area contributed by atoms with Gasteiger partial charge in [-0.1, -0.05) is 12.8 Å². The first kappa shape index (κ1) is 12.3. The van der Waals surface area contributed by atoms with Gasteiger partial charge in [-0.2, -0.15) is 0 Å². The number of fused-ring (bicyclic) bond motifs is 1. The minimum atomic E-state index is -0.395. The van der Waals surface area contributed by atoms with Gasteiger partial charge < -0.3 is 14.8 Å². The van der Waals surface area contributed by atoms with E-state index < -0.39 is 6.04 Å². The third-order valence-corrected chi connectivity index (χ3v) is 4.21. The normalized spacial score (nSPS) is 23.5. The highest BCUT2D eigenvalue weighted by Gasteiger charge is 2.34. The first-order valence-corrected chi connectivity index (χ1v) is 6.89. The van der Waals surface area contributed by atoms with Gasteiger partial charge in [0, 0.05) is 19.3 Å². The Morgan fingerprint density at radius 3 is 2.84 bits per heavy atom. The molecular weight excluding hydrogens is 242 g/mol. The molecule has 1 aliphatic heterocycles. The van der Waals surface area contributed by atoms with Gasteiger partial charge in [0.2, 0.25) is 5.91 Å². The van der Waals surface area contributed by atoms with Gasteiger partial charge in [0.15, 0.2) is 0 Å². The van der Waals surface area contributed by atoms with Gasteiger partial charge in [0.25, 0.3) is 5.91 Å². The molecule has 1 aliphatic carbocycles. The van der Waals surface area contributed by atoms with Crippen LogP contribution in [0.25, 0.3) is 0 Å². The van der Waals surface area contributed by atoms with E-state index in [1.807, 2.05) is 16.8 Å². The molecule has 0 radical (unpaired) electrons. The van der Waals surface area contributed by atoms with Crippen LogP contribution in [0.4, 0.5) is 0 Å². The second kappa shape index (κ2) is 4.72. The molecule has 2 heterocycles. The van der Waals surface area contributed by atoms with Crippen molar-refractivity contribution in [1.29, 1.82) is 0 Å². The van der Waals surface area contributed by atoms with E-state index in [1.165, 1.54) is 12.8 Å². The van der Waals surface area contributed by atoms with Crippen molar-refractivity contribution < 1.29 is 9.59 Å². The van der Waals surface area contributed by atoms with Gasteiger partial charge >= 0.3 is 0 Å². The number of hydrogen-bond acceptors (Lipinski definition) is 2. The first-order valence-electron chi connectivity index (χ1n) is 6.89. The summed E-state index contributed by atoms with van der Waals surface area (Å²) in [5.74, 6) is -0.107. The van der Waals surface area contributed by atoms with Crippen LogP contribution >= 0.6 is 0 Å². The van der Waals surface area contributed by atoms with E-state index >= 15 is 0 Å².